The second-order valence-corrected chi connectivity index (χ2v) is 14.6. The largest absolute Gasteiger partial charge is 0.497 e. The van der Waals surface area contributed by atoms with E-state index in [2.05, 4.69) is 113 Å². The molecule has 0 heterocycles. The van der Waals surface area contributed by atoms with Gasteiger partial charge in [-0.15, -0.1) is 0 Å². The van der Waals surface area contributed by atoms with Crippen LogP contribution in [0.25, 0.3) is 0 Å². The Morgan fingerprint density at radius 3 is 1.13 bits per heavy atom. The van der Waals surface area contributed by atoms with E-state index in [1.54, 1.807) is 14.2 Å². The summed E-state index contributed by atoms with van der Waals surface area (Å²) in [7, 11) is 3.42. The molecule has 6 aromatic rings. The van der Waals surface area contributed by atoms with Crippen molar-refractivity contribution in [1.29, 1.82) is 0 Å². The quantitative estimate of drug-likeness (QED) is 0.0880. The predicted octanol–water partition coefficient (Wildman–Crippen LogP) is 12.6. The molecule has 0 fully saturated rings. The van der Waals surface area contributed by atoms with E-state index in [4.69, 9.17) is 23.7 Å². The molecular formula is C50H54O5. The Kier molecular flexibility index (Phi) is 13.0. The van der Waals surface area contributed by atoms with Gasteiger partial charge in [0.25, 0.3) is 0 Å². The molecule has 0 saturated carbocycles. The van der Waals surface area contributed by atoms with Gasteiger partial charge >= 0.3 is 0 Å². The van der Waals surface area contributed by atoms with Crippen LogP contribution in [-0.2, 0) is 28.4 Å². The zero-order valence-corrected chi connectivity index (χ0v) is 33.0. The molecule has 0 aliphatic rings. The molecule has 0 aliphatic carbocycles. The first-order valence-electron chi connectivity index (χ1n) is 19.3. The number of benzene rings is 6. The molecule has 5 nitrogen and oxygen atoms in total. The van der Waals surface area contributed by atoms with E-state index in [-0.39, 0.29) is 23.0 Å². The summed E-state index contributed by atoms with van der Waals surface area (Å²) in [5, 5.41) is 0. The fraction of sp³-hybridized carbons (Fsp3) is 0.280. The molecule has 6 rings (SSSR count). The van der Waals surface area contributed by atoms with Crippen molar-refractivity contribution in [3.63, 3.8) is 0 Å². The highest BCUT2D eigenvalue weighted by molar-refractivity contribution is 5.39. The minimum absolute atomic E-state index is 0.212. The smallest absolute Gasteiger partial charge is 0.127 e. The highest BCUT2D eigenvalue weighted by Gasteiger charge is 2.42. The first-order valence-corrected chi connectivity index (χ1v) is 19.3. The molecule has 0 spiro atoms. The van der Waals surface area contributed by atoms with Gasteiger partial charge in [-0.25, -0.2) is 0 Å². The van der Waals surface area contributed by atoms with Gasteiger partial charge in [0.15, 0.2) is 0 Å². The summed E-state index contributed by atoms with van der Waals surface area (Å²) in [6.45, 7) is 9.20. The third kappa shape index (κ3) is 9.59. The Morgan fingerprint density at radius 1 is 0.418 bits per heavy atom. The Morgan fingerprint density at radius 2 is 0.782 bits per heavy atom. The van der Waals surface area contributed by atoms with Crippen molar-refractivity contribution < 1.29 is 23.7 Å². The fourth-order valence-corrected chi connectivity index (χ4v) is 7.37. The van der Waals surface area contributed by atoms with Gasteiger partial charge in [-0.05, 0) is 121 Å². The molecule has 0 aromatic heterocycles. The van der Waals surface area contributed by atoms with E-state index in [9.17, 15) is 0 Å². The molecule has 284 valence electrons. The molecule has 0 aliphatic heterocycles. The maximum Gasteiger partial charge on any atom is 0.127 e. The topological polar surface area (TPSA) is 46.2 Å². The van der Waals surface area contributed by atoms with Crippen molar-refractivity contribution in [2.75, 3.05) is 14.2 Å². The summed E-state index contributed by atoms with van der Waals surface area (Å²) < 4.78 is 31.5. The van der Waals surface area contributed by atoms with Crippen molar-refractivity contribution in [3.8, 4) is 34.5 Å². The van der Waals surface area contributed by atoms with Crippen LogP contribution in [0.4, 0.5) is 0 Å². The molecule has 0 N–H and O–H groups in total. The number of hydrogen-bond donors (Lipinski definition) is 0. The van der Waals surface area contributed by atoms with Gasteiger partial charge in [0, 0.05) is 10.8 Å². The van der Waals surface area contributed by atoms with Crippen LogP contribution in [0.5, 0.6) is 34.5 Å². The van der Waals surface area contributed by atoms with Crippen molar-refractivity contribution in [3.05, 3.63) is 180 Å². The molecule has 0 bridgehead atoms. The lowest BCUT2D eigenvalue weighted by Gasteiger charge is -2.45. The SMILES string of the molecule is CCC(C)(c1ccc(OC)cc1)C(Cc1cccc(Oc2ccccc2)c1)OC(Cc1cccc(Oc2ccccc2)c1)C(C)(CC)c1ccc(OC)cc1. The molecule has 4 unspecified atom stereocenters. The Hall–Kier alpha value is -5.52. The fourth-order valence-electron chi connectivity index (χ4n) is 7.37. The summed E-state index contributed by atoms with van der Waals surface area (Å²) in [4.78, 5) is 0. The second kappa shape index (κ2) is 18.2. The lowest BCUT2D eigenvalue weighted by atomic mass is 9.71. The predicted molar refractivity (Wildman–Crippen MR) is 223 cm³/mol. The Bertz CT molecular complexity index is 1910. The van der Waals surface area contributed by atoms with Crippen molar-refractivity contribution in [2.45, 2.75) is 76.4 Å². The molecule has 5 heteroatoms. The van der Waals surface area contributed by atoms with Gasteiger partial charge in [-0.3, -0.25) is 0 Å². The summed E-state index contributed by atoms with van der Waals surface area (Å²) in [5.41, 5.74) is 3.99. The van der Waals surface area contributed by atoms with Crippen LogP contribution in [0.2, 0.25) is 0 Å². The molecule has 55 heavy (non-hydrogen) atoms. The van der Waals surface area contributed by atoms with Gasteiger partial charge in [0.2, 0.25) is 0 Å². The van der Waals surface area contributed by atoms with Crippen LogP contribution >= 0.6 is 0 Å². The third-order valence-electron chi connectivity index (χ3n) is 11.3. The van der Waals surface area contributed by atoms with Crippen molar-refractivity contribution >= 4 is 0 Å². The molecule has 0 saturated heterocycles. The lowest BCUT2D eigenvalue weighted by molar-refractivity contribution is -0.0840. The highest BCUT2D eigenvalue weighted by Crippen LogP contribution is 2.42. The summed E-state index contributed by atoms with van der Waals surface area (Å²) >= 11 is 0. The summed E-state index contributed by atoms with van der Waals surface area (Å²) in [5.74, 6) is 4.88. The van der Waals surface area contributed by atoms with E-state index in [1.807, 2.05) is 72.8 Å². The van der Waals surface area contributed by atoms with Gasteiger partial charge in [0.1, 0.15) is 34.5 Å². The first-order chi connectivity index (χ1) is 26.8. The number of methoxy groups -OCH3 is 2. The van der Waals surface area contributed by atoms with Crippen LogP contribution in [-0.4, -0.2) is 26.4 Å². The zero-order valence-electron chi connectivity index (χ0n) is 33.0. The van der Waals surface area contributed by atoms with Crippen LogP contribution in [0.15, 0.2) is 158 Å². The maximum absolute atomic E-state index is 7.76. The Balaban J connectivity index is 1.42. The van der Waals surface area contributed by atoms with Gasteiger partial charge in [-0.2, -0.15) is 0 Å². The van der Waals surface area contributed by atoms with E-state index in [1.165, 1.54) is 11.1 Å². The lowest BCUT2D eigenvalue weighted by Crippen LogP contribution is -2.48. The Labute approximate surface area is 327 Å². The minimum atomic E-state index is -0.354. The monoisotopic (exact) mass is 734 g/mol. The van der Waals surface area contributed by atoms with Gasteiger partial charge < -0.3 is 23.7 Å². The maximum atomic E-state index is 7.76. The van der Waals surface area contributed by atoms with E-state index < -0.39 is 0 Å². The number of hydrogen-bond acceptors (Lipinski definition) is 5. The van der Waals surface area contributed by atoms with Crippen molar-refractivity contribution in [2.24, 2.45) is 0 Å². The van der Waals surface area contributed by atoms with Crippen LogP contribution in [0.1, 0.15) is 62.8 Å². The van der Waals surface area contributed by atoms with E-state index >= 15 is 0 Å². The van der Waals surface area contributed by atoms with E-state index in [0.717, 1.165) is 58.5 Å². The van der Waals surface area contributed by atoms with Crippen LogP contribution < -0.4 is 18.9 Å². The summed E-state index contributed by atoms with van der Waals surface area (Å²) in [6.07, 6.45) is 2.66. The third-order valence-corrected chi connectivity index (χ3v) is 11.3. The highest BCUT2D eigenvalue weighted by atomic mass is 16.5. The van der Waals surface area contributed by atoms with Gasteiger partial charge in [0.05, 0.1) is 26.4 Å². The standard InChI is InChI=1S/C50H54O5/c1-7-49(3,39-25-29-41(51-5)30-26-39)47(35-37-17-15-23-45(33-37)53-43-19-11-9-12-20-43)55-48(50(4,8-2)40-27-31-42(52-6)32-28-40)36-38-18-16-24-46(34-38)54-44-21-13-10-14-22-44/h9-34,47-48H,7-8,35-36H2,1-6H3. The first kappa shape index (κ1) is 39.2. The number of rotatable bonds is 18. The van der Waals surface area contributed by atoms with E-state index in [0.29, 0.717) is 12.8 Å². The molecule has 6 aromatic carbocycles. The van der Waals surface area contributed by atoms with Crippen LogP contribution in [0.3, 0.4) is 0 Å². The molecule has 0 radical (unpaired) electrons. The normalized spacial score (nSPS) is 14.5. The molecule has 0 amide bonds. The number of para-hydroxylation sites is 2. The van der Waals surface area contributed by atoms with Gasteiger partial charge in [-0.1, -0.05) is 113 Å². The molecule has 4 atom stereocenters. The minimum Gasteiger partial charge on any atom is -0.497 e. The zero-order chi connectivity index (χ0) is 38.7. The van der Waals surface area contributed by atoms with Crippen LogP contribution in [0, 0.1) is 0 Å². The second-order valence-electron chi connectivity index (χ2n) is 14.6. The van der Waals surface area contributed by atoms with Crippen molar-refractivity contribution in [1.82, 2.24) is 0 Å². The average Bonchev–Trinajstić information content (AvgIpc) is 3.23. The average molecular weight is 735 g/mol. The number of ether oxygens (including phenoxy) is 5. The molecular weight excluding hydrogens is 681 g/mol. The summed E-state index contributed by atoms with van der Waals surface area (Å²) in [6, 6.07) is 53.7.